The zero-order valence-electron chi connectivity index (χ0n) is 56.0. The van der Waals surface area contributed by atoms with Gasteiger partial charge in [0, 0.05) is 17.8 Å². The zero-order valence-corrected chi connectivity index (χ0v) is 56.0. The highest BCUT2D eigenvalue weighted by Crippen LogP contribution is 2.29. The third-order valence-electron chi connectivity index (χ3n) is 18.4. The predicted molar refractivity (Wildman–Crippen MR) is 332 cm³/mol. The van der Waals surface area contributed by atoms with E-state index in [2.05, 4.69) is 0 Å². The number of ether oxygens (including phenoxy) is 8. The lowest BCUT2D eigenvalue weighted by molar-refractivity contribution is -0.224. The highest BCUT2D eigenvalue weighted by Gasteiger charge is 2.47. The fraction of sp³-hybridized carbons (Fsp3) is 1.00. The second-order valence-corrected chi connectivity index (χ2v) is 25.4. The first kappa shape index (κ1) is 95.5. The summed E-state index contributed by atoms with van der Waals surface area (Å²) in [6, 6.07) is 0. The van der Waals surface area contributed by atoms with Crippen LogP contribution in [0.25, 0.3) is 0 Å². The molecule has 0 radical (unpaired) electrons. The average Bonchev–Trinajstić information content (AvgIpc) is 1.04. The van der Waals surface area contributed by atoms with E-state index < -0.39 is 208 Å². The maximum Gasteiger partial charge on any atom is 0.111 e. The molecule has 8 aliphatic heterocycles. The normalized spacial score (nSPS) is 48.7. The van der Waals surface area contributed by atoms with Gasteiger partial charge in [-0.1, -0.05) is 28.2 Å². The van der Waals surface area contributed by atoms with Gasteiger partial charge in [-0.05, 0) is 55.4 Å². The van der Waals surface area contributed by atoms with E-state index in [0.29, 0.717) is 0 Å². The van der Waals surface area contributed by atoms with Gasteiger partial charge in [0.25, 0.3) is 0 Å². The molecule has 8 fully saturated rings. The molecule has 0 aliphatic carbocycles. The molecule has 29 N–H and O–H groups in total. The lowest BCUT2D eigenvalue weighted by atomic mass is 9.89. The molecule has 0 spiro atoms. The van der Waals surface area contributed by atoms with Gasteiger partial charge in [-0.3, -0.25) is 0 Å². The maximum atomic E-state index is 9.48. The Bertz CT molecular complexity index is 1570. The van der Waals surface area contributed by atoms with Crippen molar-refractivity contribution in [2.45, 2.75) is 309 Å². The van der Waals surface area contributed by atoms with Gasteiger partial charge < -0.3 is 186 Å². The van der Waals surface area contributed by atoms with E-state index in [9.17, 15) is 107 Å². The van der Waals surface area contributed by atoms with Crippen molar-refractivity contribution < 1.29 is 186 Å². The van der Waals surface area contributed by atoms with Gasteiger partial charge >= 0.3 is 0 Å². The fourth-order valence-corrected chi connectivity index (χ4v) is 10.8. The minimum atomic E-state index is -1.24. The van der Waals surface area contributed by atoms with Crippen molar-refractivity contribution in [3.05, 3.63) is 0 Å². The van der Waals surface area contributed by atoms with Crippen LogP contribution >= 0.6 is 0 Å². The van der Waals surface area contributed by atoms with Crippen molar-refractivity contribution in [3.63, 3.8) is 0 Å². The van der Waals surface area contributed by atoms with E-state index in [0.717, 1.165) is 0 Å². The number of aliphatic hydroxyl groups excluding tert-OH is 29. The topological polar surface area (TPSA) is 661 Å². The van der Waals surface area contributed by atoms with Crippen molar-refractivity contribution in [1.82, 2.24) is 0 Å². The molecule has 0 aromatic carbocycles. The van der Waals surface area contributed by atoms with Crippen LogP contribution in [0.2, 0.25) is 0 Å². The van der Waals surface area contributed by atoms with Gasteiger partial charge in [-0.25, -0.2) is 0 Å². The molecule has 37 heteroatoms. The van der Waals surface area contributed by atoms with Crippen LogP contribution in [0.15, 0.2) is 0 Å². The van der Waals surface area contributed by atoms with Crippen LogP contribution in [-0.2, 0) is 37.9 Å². The van der Waals surface area contributed by atoms with Crippen molar-refractivity contribution >= 4 is 0 Å². The summed E-state index contributed by atoms with van der Waals surface area (Å²) in [4.78, 5) is 0. The monoisotopic (exact) mass is 1430 g/mol. The summed E-state index contributed by atoms with van der Waals surface area (Å²) in [5, 5.41) is 265. The van der Waals surface area contributed by atoms with Crippen LogP contribution in [0.1, 0.15) is 83.6 Å². The quantitative estimate of drug-likeness (QED) is 0.107. The molecule has 0 amide bonds. The Morgan fingerprint density at radius 3 is 0.371 bits per heavy atom. The third kappa shape index (κ3) is 26.6. The summed E-state index contributed by atoms with van der Waals surface area (Å²) in [7, 11) is 0. The second kappa shape index (κ2) is 45.7. The number of aliphatic hydroxyl groups is 29. The van der Waals surface area contributed by atoms with Gasteiger partial charge in [0.1, 0.15) is 159 Å². The Hall–Kier alpha value is -1.48. The maximum absolute atomic E-state index is 9.48. The van der Waals surface area contributed by atoms with Crippen LogP contribution in [0.5, 0.6) is 0 Å². The third-order valence-corrected chi connectivity index (χ3v) is 18.4. The predicted octanol–water partition coefficient (Wildman–Crippen LogP) is -12.7. The Morgan fingerprint density at radius 1 is 0.155 bits per heavy atom. The average molecular weight is 1440 g/mol. The van der Waals surface area contributed by atoms with E-state index >= 15 is 0 Å². The number of hydrogen-bond acceptors (Lipinski definition) is 37. The lowest BCUT2D eigenvalue weighted by Gasteiger charge is -2.39. The summed E-state index contributed by atoms with van der Waals surface area (Å²) in [5.74, 6) is -0.284. The van der Waals surface area contributed by atoms with E-state index in [-0.39, 0.29) is 96.3 Å². The van der Waals surface area contributed by atoms with Crippen LogP contribution in [0.4, 0.5) is 0 Å². The first-order valence-electron chi connectivity index (χ1n) is 32.0. The van der Waals surface area contributed by atoms with Crippen molar-refractivity contribution in [1.29, 1.82) is 0 Å². The van der Waals surface area contributed by atoms with Crippen molar-refractivity contribution in [2.24, 2.45) is 17.8 Å². The summed E-state index contributed by atoms with van der Waals surface area (Å²) in [6.45, 7) is 16.2. The summed E-state index contributed by atoms with van der Waals surface area (Å²) < 4.78 is 40.9. The molecule has 0 aromatic heterocycles. The Labute approximate surface area is 564 Å². The highest BCUT2D eigenvalue weighted by molar-refractivity contribution is 4.95. The molecule has 8 unspecified atom stereocenters. The van der Waals surface area contributed by atoms with Crippen LogP contribution < -0.4 is 0 Å². The summed E-state index contributed by atoms with van der Waals surface area (Å²) in [5.41, 5.74) is 0. The second-order valence-electron chi connectivity index (χ2n) is 25.4. The van der Waals surface area contributed by atoms with Gasteiger partial charge in [-0.15, -0.1) is 0 Å². The van der Waals surface area contributed by atoms with Gasteiger partial charge in [0.05, 0.1) is 120 Å². The van der Waals surface area contributed by atoms with Crippen LogP contribution in [0.3, 0.4) is 0 Å². The Kier molecular flexibility index (Phi) is 45.0. The van der Waals surface area contributed by atoms with E-state index in [4.69, 9.17) is 78.7 Å². The molecule has 37 nitrogen and oxygen atoms in total. The van der Waals surface area contributed by atoms with E-state index in [1.165, 1.54) is 0 Å². The molecule has 0 bridgehead atoms. The minimum absolute atomic E-state index is 0. The van der Waals surface area contributed by atoms with E-state index in [1.807, 2.05) is 41.5 Å². The smallest absolute Gasteiger partial charge is 0.111 e. The summed E-state index contributed by atoms with van der Waals surface area (Å²) >= 11 is 0. The molecular formula is C60H122O37. The zero-order chi connectivity index (χ0) is 74.4. The lowest BCUT2D eigenvalue weighted by Crippen LogP contribution is -2.57. The molecule has 8 heterocycles. The van der Waals surface area contributed by atoms with Gasteiger partial charge in [0.2, 0.25) is 0 Å². The number of rotatable bonds is 8. The van der Waals surface area contributed by atoms with E-state index in [1.54, 1.807) is 34.6 Å². The van der Waals surface area contributed by atoms with Gasteiger partial charge in [0.15, 0.2) is 0 Å². The summed E-state index contributed by atoms with van der Waals surface area (Å²) in [6.07, 6.45) is -32.3. The largest absolute Gasteiger partial charge is 0.394 e. The van der Waals surface area contributed by atoms with Crippen LogP contribution in [-0.4, -0.2) is 427 Å². The molecule has 8 saturated heterocycles. The minimum Gasteiger partial charge on any atom is -0.394 e. The SMILES string of the molecule is C.CC1O[C@H](CO)[C@@H](O)[C@@H](O)[C@@H]1C.CC1O[C@H](CO)[C@@H](O)[C@@H](O)[C@@H]1O.CC1O[C@H](CO)[C@@H](O)[C@@H](O)[C@H]1C.CC1O[C@H](CO)[C@@H](O)[C@@H](O)[C@H]1O.CC1O[C@H](CO)[C@@H](O)[C@H](O)[C@@H]1O.CC1O[C@H](CO)[C@@H](O)[C@H](O)[C@H]1C.CC1O[C@H](CO)[C@H](O)[C@H](O)[C@H]1O.CC1O[C@H](CO)[C@H](O)[C@H](O)[C@H]1O. The molecule has 0 saturated carbocycles. The number of hydrogen-bond donors (Lipinski definition) is 29. The molecule has 40 atom stereocenters. The van der Waals surface area contributed by atoms with Gasteiger partial charge in [-0.2, -0.15) is 0 Å². The fourth-order valence-electron chi connectivity index (χ4n) is 10.8. The first-order chi connectivity index (χ1) is 44.6. The Balaban J connectivity index is 0.00000108. The molecule has 97 heavy (non-hydrogen) atoms. The molecule has 584 valence electrons. The van der Waals surface area contributed by atoms with Crippen molar-refractivity contribution in [2.75, 3.05) is 52.9 Å². The standard InChI is InChI=1S/3C8H16O4.5C7H14O5.CH4/c3*1-4-5(2)12-6(3-9)8(11)7(4)10;5*1-3-5(9)7(11)6(10)4(2-8)12-3;/h3*4-11H,3H2,1-2H3;5*3-11H,2H2,1H3;1H4/t4-,5?,6+,7+,8+;4-,5?,6+,7-,8+;4-,5?,6-,7+,8-;2*3?,4-,5+,6+,7-;3?,4-,5+,6-,7+;3?,4-,5-,6-,7+;3?,4-,5-,6-,7-;/m00111111./s1. The van der Waals surface area contributed by atoms with Crippen LogP contribution in [0, 0.1) is 17.8 Å². The Morgan fingerprint density at radius 2 is 0.258 bits per heavy atom. The molecule has 0 aromatic rings. The first-order valence-corrected chi connectivity index (χ1v) is 32.0. The molecule has 8 aliphatic rings. The van der Waals surface area contributed by atoms with Crippen molar-refractivity contribution in [3.8, 4) is 0 Å². The molecular weight excluding hydrogens is 1310 g/mol. The highest BCUT2D eigenvalue weighted by atomic mass is 16.6. The molecule has 8 rings (SSSR count).